The molecular formula is C48H80O19. The molecule has 8 fully saturated rings. The van der Waals surface area contributed by atoms with Crippen molar-refractivity contribution in [1.29, 1.82) is 0 Å². The van der Waals surface area contributed by atoms with E-state index in [-0.39, 0.29) is 40.1 Å². The molecule has 0 aromatic rings. The van der Waals surface area contributed by atoms with Gasteiger partial charge in [0, 0.05) is 12.5 Å². The average Bonchev–Trinajstić information content (AvgIpc) is 3.88. The zero-order valence-electron chi connectivity index (χ0n) is 39.7. The summed E-state index contributed by atoms with van der Waals surface area (Å²) in [6.45, 7) is 10.4. The van der Waals surface area contributed by atoms with Crippen molar-refractivity contribution in [2.45, 2.75) is 210 Å². The van der Waals surface area contributed by atoms with Crippen LogP contribution in [0.1, 0.15) is 99.3 Å². The third kappa shape index (κ3) is 8.23. The Bertz CT molecular complexity index is 1750. The average molecular weight is 961 g/mol. The maximum absolute atomic E-state index is 11.7. The van der Waals surface area contributed by atoms with Crippen LogP contribution < -0.4 is 0 Å². The highest BCUT2D eigenvalue weighted by Gasteiger charge is 2.82. The van der Waals surface area contributed by atoms with Crippen LogP contribution in [-0.2, 0) is 28.4 Å². The van der Waals surface area contributed by atoms with Crippen molar-refractivity contribution in [3.63, 3.8) is 0 Å². The normalized spacial score (nSPS) is 52.7. The van der Waals surface area contributed by atoms with Crippen LogP contribution in [0.3, 0.4) is 0 Å². The van der Waals surface area contributed by atoms with Gasteiger partial charge in [-0.3, -0.25) is 0 Å². The van der Waals surface area contributed by atoms with E-state index < -0.39 is 142 Å². The van der Waals surface area contributed by atoms with Gasteiger partial charge in [0.1, 0.15) is 73.2 Å². The molecular weight excluding hydrogens is 881 g/mol. The smallest absolute Gasteiger partial charge is 0.187 e. The summed E-state index contributed by atoms with van der Waals surface area (Å²) in [7, 11) is 0. The summed E-state index contributed by atoms with van der Waals surface area (Å²) in [5.41, 5.74) is 0.296. The predicted octanol–water partition coefficient (Wildman–Crippen LogP) is -1.44. The SMILES string of the molecule is CC(C)=CC(O)C(O)C(CO)C1CCC2(C)C3CCC4C(C)(C)C(OC5OC(CO)C(O)C(OC6OC(CO)C(O)C(O)C6O)C5OC5OC(CO)C(O)C(O)C5O)CCC45CC35CCC12C. The Labute approximate surface area is 392 Å². The first-order chi connectivity index (χ1) is 31.5. The minimum absolute atomic E-state index is 0.0233. The van der Waals surface area contributed by atoms with Gasteiger partial charge in [-0.15, -0.1) is 0 Å². The fourth-order valence-corrected chi connectivity index (χ4v) is 15.8. The lowest BCUT2D eigenvalue weighted by Crippen LogP contribution is -2.68. The van der Waals surface area contributed by atoms with Gasteiger partial charge in [0.15, 0.2) is 18.9 Å². The molecule has 26 unspecified atom stereocenters. The topological polar surface area (TPSA) is 318 Å². The lowest BCUT2D eigenvalue weighted by atomic mass is 9.41. The van der Waals surface area contributed by atoms with E-state index in [1.165, 1.54) is 0 Å². The van der Waals surface area contributed by atoms with Gasteiger partial charge < -0.3 is 94.8 Å². The highest BCUT2D eigenvalue weighted by molar-refractivity contribution is 5.31. The Kier molecular flexibility index (Phi) is 14.9. The molecule has 19 heteroatoms. The summed E-state index contributed by atoms with van der Waals surface area (Å²) in [4.78, 5) is 0. The minimum atomic E-state index is -1.90. The third-order valence-electron chi connectivity index (χ3n) is 19.5. The number of aliphatic hydroxyl groups is 13. The molecule has 3 aliphatic heterocycles. The van der Waals surface area contributed by atoms with Crippen LogP contribution >= 0.6 is 0 Å². The molecule has 386 valence electrons. The van der Waals surface area contributed by atoms with E-state index in [0.29, 0.717) is 12.3 Å². The molecule has 67 heavy (non-hydrogen) atoms. The van der Waals surface area contributed by atoms with Crippen molar-refractivity contribution in [3.05, 3.63) is 11.6 Å². The van der Waals surface area contributed by atoms with Gasteiger partial charge in [-0.1, -0.05) is 39.3 Å². The first kappa shape index (κ1) is 52.3. The molecule has 5 saturated carbocycles. The Hall–Kier alpha value is -1.02. The van der Waals surface area contributed by atoms with Crippen molar-refractivity contribution < 1.29 is 94.8 Å². The van der Waals surface area contributed by atoms with Crippen LogP contribution in [0.2, 0.25) is 0 Å². The van der Waals surface area contributed by atoms with Crippen molar-refractivity contribution in [1.82, 2.24) is 0 Å². The second-order valence-electron chi connectivity index (χ2n) is 23.0. The Morgan fingerprint density at radius 2 is 1.09 bits per heavy atom. The fourth-order valence-electron chi connectivity index (χ4n) is 15.8. The molecule has 3 saturated heterocycles. The van der Waals surface area contributed by atoms with Gasteiger partial charge in [-0.05, 0) is 116 Å². The van der Waals surface area contributed by atoms with Gasteiger partial charge in [0.05, 0.1) is 38.1 Å². The summed E-state index contributed by atoms with van der Waals surface area (Å²) in [6.07, 6.45) is -17.9. The molecule has 19 nitrogen and oxygen atoms in total. The first-order valence-electron chi connectivity index (χ1n) is 24.7. The number of fused-ring (bicyclic) bond motifs is 2. The molecule has 0 radical (unpaired) electrons. The Morgan fingerprint density at radius 3 is 1.64 bits per heavy atom. The van der Waals surface area contributed by atoms with Gasteiger partial charge in [0.2, 0.25) is 0 Å². The van der Waals surface area contributed by atoms with Gasteiger partial charge in [-0.25, -0.2) is 0 Å². The zero-order valence-corrected chi connectivity index (χ0v) is 39.7. The molecule has 26 atom stereocenters. The minimum Gasteiger partial charge on any atom is -0.396 e. The fraction of sp³-hybridized carbons (Fsp3) is 0.958. The standard InChI is InChI=1S/C48H80O19/c1-21(2)15-24(53)31(54)22(16-49)23-9-11-46(6)29-8-7-28-44(3,4)30(10-12-47(28)20-48(29,47)14-13-45(23,46)5)65-43-40(67-42-38(61)36(59)33(56)26(18-51)63-42)39(34(57)27(19-52)64-43)66-41-37(60)35(58)32(55)25(17-50)62-41/h15,22-43,49-61H,7-14,16-20H2,1-6H3. The molecule has 2 spiro atoms. The van der Waals surface area contributed by atoms with Crippen LogP contribution in [0.15, 0.2) is 11.6 Å². The van der Waals surface area contributed by atoms with E-state index >= 15 is 0 Å². The second kappa shape index (κ2) is 19.1. The number of ether oxygens (including phenoxy) is 6. The van der Waals surface area contributed by atoms with Crippen molar-refractivity contribution in [2.24, 2.45) is 50.7 Å². The number of hydrogen-bond acceptors (Lipinski definition) is 19. The molecule has 0 amide bonds. The van der Waals surface area contributed by atoms with Crippen LogP contribution in [0.5, 0.6) is 0 Å². The second-order valence-corrected chi connectivity index (χ2v) is 23.0. The zero-order chi connectivity index (χ0) is 48.9. The lowest BCUT2D eigenvalue weighted by Gasteiger charge is -2.64. The molecule has 5 aliphatic carbocycles. The monoisotopic (exact) mass is 961 g/mol. The highest BCUT2D eigenvalue weighted by Crippen LogP contribution is 2.89. The molecule has 3 heterocycles. The summed E-state index contributed by atoms with van der Waals surface area (Å²) in [6, 6.07) is 0. The Balaban J connectivity index is 1.05. The van der Waals surface area contributed by atoms with E-state index in [2.05, 4.69) is 27.7 Å². The van der Waals surface area contributed by atoms with E-state index in [9.17, 15) is 66.4 Å². The molecule has 0 aromatic carbocycles. The highest BCUT2D eigenvalue weighted by atomic mass is 16.8. The largest absolute Gasteiger partial charge is 0.396 e. The maximum Gasteiger partial charge on any atom is 0.187 e. The van der Waals surface area contributed by atoms with E-state index in [1.54, 1.807) is 6.08 Å². The van der Waals surface area contributed by atoms with Crippen molar-refractivity contribution in [2.75, 3.05) is 26.4 Å². The molecule has 8 rings (SSSR count). The summed E-state index contributed by atoms with van der Waals surface area (Å²) in [5, 5.41) is 140. The molecule has 0 aromatic heterocycles. The van der Waals surface area contributed by atoms with Crippen LogP contribution in [0.25, 0.3) is 0 Å². The number of allylic oxidation sites excluding steroid dienone is 1. The van der Waals surface area contributed by atoms with Gasteiger partial charge >= 0.3 is 0 Å². The first-order valence-corrected chi connectivity index (χ1v) is 24.7. The van der Waals surface area contributed by atoms with Crippen LogP contribution in [0.4, 0.5) is 0 Å². The van der Waals surface area contributed by atoms with Crippen molar-refractivity contribution in [3.8, 4) is 0 Å². The molecule has 0 bridgehead atoms. The van der Waals surface area contributed by atoms with E-state index in [1.807, 2.05) is 13.8 Å². The van der Waals surface area contributed by atoms with Crippen LogP contribution in [-0.4, -0.2) is 203 Å². The number of aliphatic hydroxyl groups excluding tert-OH is 13. The maximum atomic E-state index is 11.7. The van der Waals surface area contributed by atoms with E-state index in [4.69, 9.17) is 28.4 Å². The predicted molar refractivity (Wildman–Crippen MR) is 233 cm³/mol. The van der Waals surface area contributed by atoms with Crippen LogP contribution in [0, 0.1) is 50.7 Å². The summed E-state index contributed by atoms with van der Waals surface area (Å²) in [5.74, 6) is 0.191. The number of hydrogen-bond donors (Lipinski definition) is 13. The van der Waals surface area contributed by atoms with Gasteiger partial charge in [0.25, 0.3) is 0 Å². The quantitative estimate of drug-likeness (QED) is 0.0700. The van der Waals surface area contributed by atoms with Crippen molar-refractivity contribution >= 4 is 0 Å². The van der Waals surface area contributed by atoms with Gasteiger partial charge in [-0.2, -0.15) is 0 Å². The lowest BCUT2D eigenvalue weighted by molar-refractivity contribution is -0.399. The Morgan fingerprint density at radius 1 is 0.567 bits per heavy atom. The summed E-state index contributed by atoms with van der Waals surface area (Å²) >= 11 is 0. The molecule has 13 N–H and O–H groups in total. The van der Waals surface area contributed by atoms with E-state index in [0.717, 1.165) is 56.9 Å². The summed E-state index contributed by atoms with van der Waals surface area (Å²) < 4.78 is 37.0. The molecule has 8 aliphatic rings. The third-order valence-corrected chi connectivity index (χ3v) is 19.5. The number of rotatable bonds is 14.